The van der Waals surface area contributed by atoms with E-state index in [1.54, 1.807) is 0 Å². The number of nitrogens with one attached hydrogen (secondary N) is 1. The molecule has 28 heavy (non-hydrogen) atoms. The van der Waals surface area contributed by atoms with Crippen LogP contribution in [0.3, 0.4) is 0 Å². The molecule has 2 N–H and O–H groups in total. The predicted octanol–water partition coefficient (Wildman–Crippen LogP) is 2.20. The van der Waals surface area contributed by atoms with E-state index in [1.807, 2.05) is 11.8 Å². The topological polar surface area (TPSA) is 90.0 Å². The summed E-state index contributed by atoms with van der Waals surface area (Å²) < 4.78 is 65.6. The summed E-state index contributed by atoms with van der Waals surface area (Å²) in [4.78, 5) is 15.2. The smallest absolute Gasteiger partial charge is 0.418 e. The number of likely N-dealkylation sites (N-methyl/N-ethyl adjacent to an activating group) is 1. The average molecular weight is 446 g/mol. The van der Waals surface area contributed by atoms with Gasteiger partial charge in [0.2, 0.25) is 10.0 Å². The van der Waals surface area contributed by atoms with Crippen LogP contribution in [0.25, 0.3) is 0 Å². The number of rotatable bonds is 7. The van der Waals surface area contributed by atoms with Crippen LogP contribution in [0.5, 0.6) is 0 Å². The van der Waals surface area contributed by atoms with Crippen molar-refractivity contribution in [3.05, 3.63) is 29.3 Å². The first-order valence-electron chi connectivity index (χ1n) is 8.34. The number of nitrogens with zero attached hydrogens (tertiary/aromatic N) is 2. The number of piperazine rings is 1. The number of sulfonamides is 1. The zero-order valence-corrected chi connectivity index (χ0v) is 16.8. The van der Waals surface area contributed by atoms with E-state index in [0.717, 1.165) is 32.2 Å². The number of aromatic carboxylic acids is 1. The molecule has 1 aromatic rings. The molecule has 0 spiro atoms. The molecule has 7 nitrogen and oxygen atoms in total. The van der Waals surface area contributed by atoms with Crippen LogP contribution in [0.2, 0.25) is 0 Å². The van der Waals surface area contributed by atoms with E-state index in [0.29, 0.717) is 18.7 Å². The lowest BCUT2D eigenvalue weighted by Gasteiger charge is -2.32. The van der Waals surface area contributed by atoms with Gasteiger partial charge < -0.3 is 14.9 Å². The Morgan fingerprint density at radius 2 is 1.82 bits per heavy atom. The summed E-state index contributed by atoms with van der Waals surface area (Å²) in [6.45, 7) is 3.89. The van der Waals surface area contributed by atoms with Gasteiger partial charge in [0.1, 0.15) is 0 Å². The van der Waals surface area contributed by atoms with Gasteiger partial charge in [-0.25, -0.2) is 13.2 Å². The van der Waals surface area contributed by atoms with E-state index < -0.39 is 39.0 Å². The van der Waals surface area contributed by atoms with Crippen LogP contribution in [0.15, 0.2) is 18.2 Å². The van der Waals surface area contributed by atoms with E-state index in [9.17, 15) is 26.4 Å². The Balaban J connectivity index is 0.00000392. The minimum Gasteiger partial charge on any atom is -0.478 e. The number of alkyl halides is 3. The highest BCUT2D eigenvalue weighted by atomic mass is 35.5. The van der Waals surface area contributed by atoms with Gasteiger partial charge in [0.05, 0.1) is 22.6 Å². The van der Waals surface area contributed by atoms with E-state index in [-0.39, 0.29) is 24.6 Å². The Kier molecular flexibility index (Phi) is 8.54. The zero-order valence-electron chi connectivity index (χ0n) is 15.2. The largest absolute Gasteiger partial charge is 0.478 e. The first kappa shape index (κ1) is 24.5. The molecule has 0 saturated carbocycles. The van der Waals surface area contributed by atoms with Crippen LogP contribution in [0.1, 0.15) is 22.3 Å². The number of benzene rings is 1. The summed E-state index contributed by atoms with van der Waals surface area (Å²) in [6, 6.07) is 2.03. The molecule has 0 aromatic heterocycles. The van der Waals surface area contributed by atoms with Gasteiger partial charge in [0.25, 0.3) is 0 Å². The van der Waals surface area contributed by atoms with Crippen molar-refractivity contribution in [1.29, 1.82) is 0 Å². The molecule has 1 aromatic carbocycles. The van der Waals surface area contributed by atoms with Crippen LogP contribution in [0.4, 0.5) is 18.9 Å². The molecule has 0 radical (unpaired) electrons. The molecule has 0 aliphatic carbocycles. The molecule has 12 heteroatoms. The van der Waals surface area contributed by atoms with Crippen molar-refractivity contribution in [2.45, 2.75) is 12.6 Å². The molecule has 0 atom stereocenters. The van der Waals surface area contributed by atoms with E-state index in [2.05, 4.69) is 9.80 Å². The molecule has 1 aliphatic heterocycles. The van der Waals surface area contributed by atoms with Gasteiger partial charge >= 0.3 is 12.1 Å². The number of carbonyl (C=O) groups is 1. The van der Waals surface area contributed by atoms with Crippen LogP contribution in [-0.2, 0) is 16.2 Å². The molecule has 0 bridgehead atoms. The third kappa shape index (κ3) is 7.12. The quantitative estimate of drug-likeness (QED) is 0.668. The highest BCUT2D eigenvalue weighted by molar-refractivity contribution is 7.92. The summed E-state index contributed by atoms with van der Waals surface area (Å²) in [5, 5.41) is 8.94. The van der Waals surface area contributed by atoms with E-state index in [1.165, 1.54) is 0 Å². The summed E-state index contributed by atoms with van der Waals surface area (Å²) in [5.74, 6) is -1.80. The van der Waals surface area contributed by atoms with Crippen LogP contribution < -0.4 is 4.72 Å². The molecule has 0 amide bonds. The first-order valence-corrected chi connectivity index (χ1v) is 9.99. The van der Waals surface area contributed by atoms with Gasteiger partial charge in [-0.05, 0) is 38.2 Å². The van der Waals surface area contributed by atoms with Gasteiger partial charge in [-0.3, -0.25) is 4.72 Å². The van der Waals surface area contributed by atoms with E-state index in [4.69, 9.17) is 5.11 Å². The lowest BCUT2D eigenvalue weighted by atomic mass is 10.1. The van der Waals surface area contributed by atoms with Crippen molar-refractivity contribution in [2.24, 2.45) is 0 Å². The Hall–Kier alpha value is -1.56. The van der Waals surface area contributed by atoms with Gasteiger partial charge in [0.15, 0.2) is 0 Å². The van der Waals surface area contributed by atoms with Crippen molar-refractivity contribution in [3.63, 3.8) is 0 Å². The standard InChI is InChI=1S/C16H22F3N3O4S.ClH/c1-21-6-8-22(9-7-21)5-2-10-27(25,26)20-14-11-12(15(23)24)3-4-13(14)16(17,18)19;/h3-4,11,20H,2,5-10H2,1H3,(H,23,24);1H. The fraction of sp³-hybridized carbons (Fsp3) is 0.562. The summed E-state index contributed by atoms with van der Waals surface area (Å²) >= 11 is 0. The number of hydrogen-bond acceptors (Lipinski definition) is 5. The average Bonchev–Trinajstić information content (AvgIpc) is 2.55. The third-order valence-corrected chi connectivity index (χ3v) is 5.68. The molecular weight excluding hydrogens is 423 g/mol. The van der Waals surface area contributed by atoms with E-state index >= 15 is 0 Å². The Labute approximate surface area is 168 Å². The molecular formula is C16H23ClF3N3O4S. The van der Waals surface area contributed by atoms with Crippen molar-refractivity contribution in [1.82, 2.24) is 9.80 Å². The van der Waals surface area contributed by atoms with Gasteiger partial charge in [-0.2, -0.15) is 13.2 Å². The number of hydrogen-bond donors (Lipinski definition) is 2. The fourth-order valence-electron chi connectivity index (χ4n) is 2.78. The minimum absolute atomic E-state index is 0. The normalized spacial score (nSPS) is 16.4. The van der Waals surface area contributed by atoms with Crippen molar-refractivity contribution < 1.29 is 31.5 Å². The SMILES string of the molecule is CN1CCN(CCCS(=O)(=O)Nc2cc(C(=O)O)ccc2C(F)(F)F)CC1.Cl. The molecule has 1 saturated heterocycles. The maximum Gasteiger partial charge on any atom is 0.418 e. The number of carboxylic acids is 1. The maximum atomic E-state index is 13.1. The monoisotopic (exact) mass is 445 g/mol. The second-order valence-corrected chi connectivity index (χ2v) is 8.32. The summed E-state index contributed by atoms with van der Waals surface area (Å²) in [6.07, 6.45) is -4.55. The molecule has 160 valence electrons. The predicted molar refractivity (Wildman–Crippen MR) is 102 cm³/mol. The van der Waals surface area contributed by atoms with Crippen LogP contribution in [-0.4, -0.2) is 74.8 Å². The van der Waals surface area contributed by atoms with Crippen molar-refractivity contribution in [2.75, 3.05) is 50.2 Å². The maximum absolute atomic E-state index is 13.1. The lowest BCUT2D eigenvalue weighted by Crippen LogP contribution is -2.45. The molecule has 1 fully saturated rings. The Morgan fingerprint density at radius 1 is 1.21 bits per heavy atom. The zero-order chi connectivity index (χ0) is 20.2. The Morgan fingerprint density at radius 3 is 2.36 bits per heavy atom. The molecule has 0 unspecified atom stereocenters. The lowest BCUT2D eigenvalue weighted by molar-refractivity contribution is -0.136. The van der Waals surface area contributed by atoms with Crippen molar-refractivity contribution in [3.8, 4) is 0 Å². The van der Waals surface area contributed by atoms with Crippen LogP contribution in [0, 0.1) is 0 Å². The summed E-state index contributed by atoms with van der Waals surface area (Å²) in [7, 11) is -2.06. The Bertz CT molecular complexity index is 782. The fourth-order valence-corrected chi connectivity index (χ4v) is 3.89. The summed E-state index contributed by atoms with van der Waals surface area (Å²) in [5.41, 5.74) is -2.43. The second kappa shape index (κ2) is 9.77. The highest BCUT2D eigenvalue weighted by Gasteiger charge is 2.35. The molecule has 2 rings (SSSR count). The highest BCUT2D eigenvalue weighted by Crippen LogP contribution is 2.35. The van der Waals surface area contributed by atoms with Gasteiger partial charge in [-0.15, -0.1) is 12.4 Å². The van der Waals surface area contributed by atoms with Crippen molar-refractivity contribution >= 4 is 34.1 Å². The number of anilines is 1. The van der Waals surface area contributed by atoms with Gasteiger partial charge in [-0.1, -0.05) is 0 Å². The third-order valence-electron chi connectivity index (χ3n) is 4.32. The van der Waals surface area contributed by atoms with Crippen LogP contribution >= 0.6 is 12.4 Å². The molecule has 1 aliphatic rings. The molecule has 1 heterocycles. The second-order valence-electron chi connectivity index (χ2n) is 6.48. The number of carboxylic acid groups (broad SMARTS) is 1. The van der Waals surface area contributed by atoms with Gasteiger partial charge in [0, 0.05) is 26.2 Å². The number of halogens is 4. The minimum atomic E-state index is -4.81. The first-order chi connectivity index (χ1) is 12.5.